The van der Waals surface area contributed by atoms with Crippen LogP contribution in [-0.4, -0.2) is 8.07 Å². The van der Waals surface area contributed by atoms with Gasteiger partial charge in [0.1, 0.15) is 8.07 Å². The highest BCUT2D eigenvalue weighted by Gasteiger charge is 2.28. The van der Waals surface area contributed by atoms with E-state index in [2.05, 4.69) is 95.8 Å². The van der Waals surface area contributed by atoms with Crippen molar-refractivity contribution in [3.8, 4) is 0 Å². The van der Waals surface area contributed by atoms with Gasteiger partial charge in [-0.3, -0.25) is 0 Å². The Morgan fingerprint density at radius 3 is 1.86 bits per heavy atom. The van der Waals surface area contributed by atoms with Crippen LogP contribution in [0.3, 0.4) is 0 Å². The van der Waals surface area contributed by atoms with Crippen LogP contribution < -0.4 is 10.4 Å². The fourth-order valence-corrected chi connectivity index (χ4v) is 6.20. The van der Waals surface area contributed by atoms with Crippen molar-refractivity contribution in [3.05, 3.63) is 88.8 Å². The molecule has 3 rings (SSSR count). The lowest BCUT2D eigenvalue weighted by Crippen LogP contribution is -2.54. The van der Waals surface area contributed by atoms with Gasteiger partial charge >= 0.3 is 0 Å². The minimum absolute atomic E-state index is 1.30. The van der Waals surface area contributed by atoms with Gasteiger partial charge in [-0.05, 0) is 22.4 Å². The van der Waals surface area contributed by atoms with Gasteiger partial charge in [-0.2, -0.15) is 11.3 Å². The normalized spacial score (nSPS) is 11.9. The van der Waals surface area contributed by atoms with Gasteiger partial charge in [-0.15, -0.1) is 0 Å². The highest BCUT2D eigenvalue weighted by Crippen LogP contribution is 2.13. The number of rotatable bonds is 4. The van der Waals surface area contributed by atoms with E-state index < -0.39 is 8.07 Å². The van der Waals surface area contributed by atoms with Gasteiger partial charge in [0.05, 0.1) is 0 Å². The second-order valence-corrected chi connectivity index (χ2v) is 10.00. The monoisotopic (exact) mass is 306 g/mol. The van der Waals surface area contributed by atoms with Gasteiger partial charge in [0.15, 0.2) is 0 Å². The lowest BCUT2D eigenvalue weighted by atomic mass is 10.3. The number of hydrogen-bond acceptors (Lipinski definition) is 1. The van der Waals surface area contributed by atoms with Crippen LogP contribution in [0.2, 0.25) is 6.55 Å². The van der Waals surface area contributed by atoms with Crippen LogP contribution in [0.5, 0.6) is 0 Å². The Balaban J connectivity index is 2.07. The number of benzene rings is 2. The molecule has 2 aromatic carbocycles. The topological polar surface area (TPSA) is 0 Å². The quantitative estimate of drug-likeness (QED) is 0.634. The predicted molar refractivity (Wildman–Crippen MR) is 97.1 cm³/mol. The fourth-order valence-electron chi connectivity index (χ4n) is 2.56. The Hall–Kier alpha value is -1.90. The first-order valence-electron chi connectivity index (χ1n) is 7.11. The maximum absolute atomic E-state index is 2.44. The molecule has 0 spiro atoms. The van der Waals surface area contributed by atoms with E-state index in [0.29, 0.717) is 0 Å². The summed E-state index contributed by atoms with van der Waals surface area (Å²) in [5, 5.41) is 7.22. The van der Waals surface area contributed by atoms with Crippen LogP contribution in [-0.2, 0) is 0 Å². The molecule has 0 saturated carbocycles. The van der Waals surface area contributed by atoms with E-state index in [-0.39, 0.29) is 0 Å². The summed E-state index contributed by atoms with van der Waals surface area (Å²) in [6, 6.07) is 24.0. The van der Waals surface area contributed by atoms with Crippen LogP contribution in [0.4, 0.5) is 0 Å². The molecule has 3 aromatic rings. The second kappa shape index (κ2) is 6.25. The standard InChI is InChI=1S/C19H18SSi/c1-21(18-8-4-2-5-9-18,19-10-6-3-7-11-19)15-13-17-12-14-20-16-17/h2-16H,1H3/b15-13-. The van der Waals surface area contributed by atoms with E-state index in [1.165, 1.54) is 15.9 Å². The third kappa shape index (κ3) is 3.07. The zero-order valence-electron chi connectivity index (χ0n) is 12.1. The first-order valence-corrected chi connectivity index (χ1v) is 10.6. The molecule has 0 radical (unpaired) electrons. The summed E-state index contributed by atoms with van der Waals surface area (Å²) in [5.74, 6) is 0. The second-order valence-electron chi connectivity index (χ2n) is 5.32. The van der Waals surface area contributed by atoms with Crippen LogP contribution in [0, 0.1) is 0 Å². The molecule has 0 nitrogen and oxygen atoms in total. The maximum Gasteiger partial charge on any atom is 0.138 e. The SMILES string of the molecule is C[Si](/C=C\c1ccsc1)(c1ccccc1)c1ccccc1. The maximum atomic E-state index is 2.44. The molecule has 0 aliphatic carbocycles. The van der Waals surface area contributed by atoms with Crippen molar-refractivity contribution in [1.82, 2.24) is 0 Å². The van der Waals surface area contributed by atoms with Crippen molar-refractivity contribution in [1.29, 1.82) is 0 Å². The molecule has 0 aliphatic rings. The van der Waals surface area contributed by atoms with E-state index in [9.17, 15) is 0 Å². The molecule has 21 heavy (non-hydrogen) atoms. The molecule has 2 heteroatoms. The lowest BCUT2D eigenvalue weighted by Gasteiger charge is -2.25. The molecule has 0 bridgehead atoms. The van der Waals surface area contributed by atoms with Crippen molar-refractivity contribution >= 4 is 35.9 Å². The molecule has 1 aromatic heterocycles. The Morgan fingerprint density at radius 2 is 1.38 bits per heavy atom. The van der Waals surface area contributed by atoms with Crippen molar-refractivity contribution in [2.75, 3.05) is 0 Å². The third-order valence-electron chi connectivity index (χ3n) is 3.90. The highest BCUT2D eigenvalue weighted by molar-refractivity contribution is 7.08. The van der Waals surface area contributed by atoms with Gasteiger partial charge < -0.3 is 0 Å². The highest BCUT2D eigenvalue weighted by atomic mass is 32.1. The third-order valence-corrected chi connectivity index (χ3v) is 8.50. The smallest absolute Gasteiger partial charge is 0.138 e. The van der Waals surface area contributed by atoms with Crippen molar-refractivity contribution in [3.63, 3.8) is 0 Å². The van der Waals surface area contributed by atoms with Crippen LogP contribution in [0.25, 0.3) is 6.08 Å². The molecule has 0 atom stereocenters. The molecule has 0 fully saturated rings. The van der Waals surface area contributed by atoms with Gasteiger partial charge in [-0.1, -0.05) is 89.4 Å². The molecule has 0 saturated heterocycles. The molecule has 0 aliphatic heterocycles. The average Bonchev–Trinajstić information content (AvgIpc) is 3.08. The number of hydrogen-bond donors (Lipinski definition) is 0. The first kappa shape index (κ1) is 14.1. The van der Waals surface area contributed by atoms with Gasteiger partial charge in [0, 0.05) is 0 Å². The minimum atomic E-state index is -1.83. The van der Waals surface area contributed by atoms with Crippen LogP contribution in [0.15, 0.2) is 83.2 Å². The summed E-state index contributed by atoms with van der Waals surface area (Å²) >= 11 is 1.75. The van der Waals surface area contributed by atoms with Crippen molar-refractivity contribution < 1.29 is 0 Å². The Kier molecular flexibility index (Phi) is 4.18. The van der Waals surface area contributed by atoms with Crippen molar-refractivity contribution in [2.24, 2.45) is 0 Å². The first-order chi connectivity index (χ1) is 10.3. The van der Waals surface area contributed by atoms with Crippen LogP contribution in [0.1, 0.15) is 5.56 Å². The summed E-state index contributed by atoms with van der Waals surface area (Å²) in [6.45, 7) is 2.42. The molecule has 1 heterocycles. The van der Waals surface area contributed by atoms with Crippen molar-refractivity contribution in [2.45, 2.75) is 6.55 Å². The largest absolute Gasteiger partial charge is 0.152 e. The zero-order valence-corrected chi connectivity index (χ0v) is 13.9. The van der Waals surface area contributed by atoms with E-state index in [0.717, 1.165) is 0 Å². The van der Waals surface area contributed by atoms with E-state index >= 15 is 0 Å². The van der Waals surface area contributed by atoms with Gasteiger partial charge in [0.2, 0.25) is 0 Å². The minimum Gasteiger partial charge on any atom is -0.152 e. The van der Waals surface area contributed by atoms with E-state index in [1.54, 1.807) is 11.3 Å². The molecule has 0 N–H and O–H groups in total. The summed E-state index contributed by atoms with van der Waals surface area (Å²) < 4.78 is 0. The Bertz CT molecular complexity index is 660. The fraction of sp³-hybridized carbons (Fsp3) is 0.0526. The lowest BCUT2D eigenvalue weighted by molar-refractivity contribution is 1.69. The molecule has 0 unspecified atom stereocenters. The predicted octanol–water partition coefficient (Wildman–Crippen LogP) is 4.19. The summed E-state index contributed by atoms with van der Waals surface area (Å²) in [7, 11) is -1.83. The van der Waals surface area contributed by atoms with Gasteiger partial charge in [-0.25, -0.2) is 0 Å². The zero-order chi connectivity index (χ0) is 14.5. The van der Waals surface area contributed by atoms with E-state index in [1.807, 2.05) is 0 Å². The number of thiophene rings is 1. The molecule has 104 valence electrons. The van der Waals surface area contributed by atoms with Crippen LogP contribution >= 0.6 is 11.3 Å². The summed E-state index contributed by atoms with van der Waals surface area (Å²) in [4.78, 5) is 0. The average molecular weight is 307 g/mol. The summed E-state index contributed by atoms with van der Waals surface area (Å²) in [5.41, 5.74) is 3.74. The van der Waals surface area contributed by atoms with E-state index in [4.69, 9.17) is 0 Å². The molecular formula is C19H18SSi. The Morgan fingerprint density at radius 1 is 0.810 bits per heavy atom. The summed E-state index contributed by atoms with van der Waals surface area (Å²) in [6.07, 6.45) is 2.28. The molecule has 0 amide bonds. The molecular weight excluding hydrogens is 288 g/mol. The Labute approximate surface area is 131 Å². The van der Waals surface area contributed by atoms with Gasteiger partial charge in [0.25, 0.3) is 0 Å².